The molecule has 7 heteroatoms. The minimum Gasteiger partial charge on any atom is -0.354 e. The molecule has 0 saturated carbocycles. The number of urea groups is 1. The van der Waals surface area contributed by atoms with Crippen LogP contribution in [0.4, 0.5) is 4.79 Å². The summed E-state index contributed by atoms with van der Waals surface area (Å²) in [4.78, 5) is 33.2. The van der Waals surface area contributed by atoms with Gasteiger partial charge in [-0.2, -0.15) is 0 Å². The highest BCUT2D eigenvalue weighted by Gasteiger charge is 2.26. The van der Waals surface area contributed by atoms with Gasteiger partial charge in [0.15, 0.2) is 0 Å². The van der Waals surface area contributed by atoms with Gasteiger partial charge in [-0.25, -0.2) is 4.79 Å². The highest BCUT2D eigenvalue weighted by molar-refractivity contribution is 6.31. The molecule has 0 aromatic rings. The van der Waals surface area contributed by atoms with Crippen molar-refractivity contribution in [1.29, 1.82) is 0 Å². The van der Waals surface area contributed by atoms with Crippen molar-refractivity contribution in [2.45, 2.75) is 24.8 Å². The van der Waals surface area contributed by atoms with Crippen LogP contribution in [0, 0.1) is 0 Å². The molecular formula is C8H12ClN3O3. The molecule has 0 aromatic heterocycles. The van der Waals surface area contributed by atoms with Gasteiger partial charge in [0, 0.05) is 6.54 Å². The summed E-state index contributed by atoms with van der Waals surface area (Å²) in [7, 11) is 0. The molecule has 1 heterocycles. The number of hydrogen-bond donors (Lipinski definition) is 3. The Labute approximate surface area is 91.7 Å². The first-order chi connectivity index (χ1) is 7.00. The van der Waals surface area contributed by atoms with E-state index < -0.39 is 23.4 Å². The topological polar surface area (TPSA) is 87.3 Å². The molecule has 0 spiro atoms. The fourth-order valence-corrected chi connectivity index (χ4v) is 1.19. The van der Waals surface area contributed by atoms with Gasteiger partial charge in [0.2, 0.25) is 11.8 Å². The summed E-state index contributed by atoms with van der Waals surface area (Å²) < 4.78 is 0. The number of imide groups is 1. The number of hydrogen-bond acceptors (Lipinski definition) is 3. The first-order valence-electron chi connectivity index (χ1n) is 4.54. The molecular weight excluding hydrogens is 222 g/mol. The van der Waals surface area contributed by atoms with E-state index in [0.29, 0.717) is 13.0 Å². The molecule has 84 valence electrons. The molecule has 1 aliphatic heterocycles. The second-order valence-electron chi connectivity index (χ2n) is 3.21. The lowest BCUT2D eigenvalue weighted by molar-refractivity contribution is -0.121. The van der Waals surface area contributed by atoms with Crippen molar-refractivity contribution in [3.63, 3.8) is 0 Å². The second kappa shape index (κ2) is 4.97. The average Bonchev–Trinajstić information content (AvgIpc) is 2.51. The molecule has 0 bridgehead atoms. The Morgan fingerprint density at radius 1 is 1.60 bits per heavy atom. The Morgan fingerprint density at radius 3 is 2.73 bits per heavy atom. The molecule has 1 aliphatic rings. The van der Waals surface area contributed by atoms with Crippen LogP contribution in [0.3, 0.4) is 0 Å². The molecule has 3 N–H and O–H groups in total. The molecule has 2 atom stereocenters. The number of nitrogens with one attached hydrogen (secondary N) is 3. The fourth-order valence-electron chi connectivity index (χ4n) is 1.14. The predicted octanol–water partition coefficient (Wildman–Crippen LogP) is -0.672. The number of halogens is 1. The standard InChI is InChI=1S/C8H12ClN3O3/c1-4(9)6(13)12-8(15)11-5-2-3-10-7(5)14/h4-5H,2-3H2,1H3,(H,10,14)(H2,11,12,13,15). The molecule has 0 aromatic carbocycles. The smallest absolute Gasteiger partial charge is 0.322 e. The zero-order valence-corrected chi connectivity index (χ0v) is 8.93. The minimum absolute atomic E-state index is 0.239. The van der Waals surface area contributed by atoms with Gasteiger partial charge in [-0.05, 0) is 13.3 Å². The van der Waals surface area contributed by atoms with Crippen molar-refractivity contribution >= 4 is 29.4 Å². The lowest BCUT2D eigenvalue weighted by Crippen LogP contribution is -2.48. The predicted molar refractivity (Wildman–Crippen MR) is 53.4 cm³/mol. The number of amides is 4. The van der Waals surface area contributed by atoms with E-state index in [2.05, 4.69) is 10.6 Å². The van der Waals surface area contributed by atoms with Crippen LogP contribution in [-0.2, 0) is 9.59 Å². The Bertz CT molecular complexity index is 293. The molecule has 0 aliphatic carbocycles. The molecule has 0 radical (unpaired) electrons. The summed E-state index contributed by atoms with van der Waals surface area (Å²) in [6.07, 6.45) is 0.525. The highest BCUT2D eigenvalue weighted by atomic mass is 35.5. The number of carbonyl (C=O) groups is 3. The van der Waals surface area contributed by atoms with Crippen molar-refractivity contribution < 1.29 is 14.4 Å². The Balaban J connectivity index is 2.36. The minimum atomic E-state index is -0.784. The van der Waals surface area contributed by atoms with Crippen LogP contribution < -0.4 is 16.0 Å². The van der Waals surface area contributed by atoms with Gasteiger partial charge >= 0.3 is 6.03 Å². The number of carbonyl (C=O) groups excluding carboxylic acids is 3. The van der Waals surface area contributed by atoms with Crippen molar-refractivity contribution in [3.05, 3.63) is 0 Å². The maximum atomic E-state index is 11.2. The zero-order chi connectivity index (χ0) is 11.4. The second-order valence-corrected chi connectivity index (χ2v) is 3.87. The van der Waals surface area contributed by atoms with Crippen molar-refractivity contribution in [2.75, 3.05) is 6.54 Å². The largest absolute Gasteiger partial charge is 0.354 e. The van der Waals surface area contributed by atoms with Gasteiger partial charge in [0.05, 0.1) is 0 Å². The summed E-state index contributed by atoms with van der Waals surface area (Å²) in [5, 5.41) is 6.17. The van der Waals surface area contributed by atoms with E-state index in [4.69, 9.17) is 11.6 Å². The van der Waals surface area contributed by atoms with Gasteiger partial charge in [-0.3, -0.25) is 14.9 Å². The van der Waals surface area contributed by atoms with E-state index in [9.17, 15) is 14.4 Å². The quantitative estimate of drug-likeness (QED) is 0.553. The van der Waals surface area contributed by atoms with Gasteiger partial charge in [0.1, 0.15) is 11.4 Å². The van der Waals surface area contributed by atoms with Gasteiger partial charge < -0.3 is 10.6 Å². The molecule has 2 unspecified atom stereocenters. The normalized spacial score (nSPS) is 21.7. The maximum Gasteiger partial charge on any atom is 0.322 e. The first kappa shape index (κ1) is 11.8. The first-order valence-corrected chi connectivity index (χ1v) is 4.97. The summed E-state index contributed by atoms with van der Waals surface area (Å²) in [6, 6.07) is -1.27. The van der Waals surface area contributed by atoms with Crippen molar-refractivity contribution in [3.8, 4) is 0 Å². The number of rotatable bonds is 2. The third-order valence-electron chi connectivity index (χ3n) is 1.95. The lowest BCUT2D eigenvalue weighted by atomic mass is 10.2. The Morgan fingerprint density at radius 2 is 2.27 bits per heavy atom. The third kappa shape index (κ3) is 3.39. The Hall–Kier alpha value is -1.30. The van der Waals surface area contributed by atoms with Crippen LogP contribution in [0.5, 0.6) is 0 Å². The zero-order valence-electron chi connectivity index (χ0n) is 8.17. The highest BCUT2D eigenvalue weighted by Crippen LogP contribution is 1.99. The van der Waals surface area contributed by atoms with Gasteiger partial charge in [-0.1, -0.05) is 0 Å². The van der Waals surface area contributed by atoms with Crippen LogP contribution in [0.1, 0.15) is 13.3 Å². The van der Waals surface area contributed by atoms with E-state index in [-0.39, 0.29) is 5.91 Å². The van der Waals surface area contributed by atoms with Crippen LogP contribution >= 0.6 is 11.6 Å². The molecule has 4 amide bonds. The van der Waals surface area contributed by atoms with E-state index >= 15 is 0 Å². The summed E-state index contributed by atoms with van der Waals surface area (Å²) >= 11 is 5.45. The van der Waals surface area contributed by atoms with Crippen LogP contribution in [-0.4, -0.2) is 35.8 Å². The molecule has 15 heavy (non-hydrogen) atoms. The SMILES string of the molecule is CC(Cl)C(=O)NC(=O)NC1CCNC1=O. The number of alkyl halides is 1. The average molecular weight is 234 g/mol. The van der Waals surface area contributed by atoms with E-state index in [1.807, 2.05) is 5.32 Å². The van der Waals surface area contributed by atoms with Gasteiger partial charge in [0.25, 0.3) is 0 Å². The van der Waals surface area contributed by atoms with Crippen LogP contribution in [0.2, 0.25) is 0 Å². The molecule has 1 fully saturated rings. The molecule has 1 saturated heterocycles. The third-order valence-corrected chi connectivity index (χ3v) is 2.15. The summed E-state index contributed by atoms with van der Waals surface area (Å²) in [6.45, 7) is 1.98. The lowest BCUT2D eigenvalue weighted by Gasteiger charge is -2.10. The maximum absolute atomic E-state index is 11.2. The summed E-state index contributed by atoms with van der Waals surface area (Å²) in [5.74, 6) is -0.830. The fraction of sp³-hybridized carbons (Fsp3) is 0.625. The van der Waals surface area contributed by atoms with E-state index in [0.717, 1.165) is 0 Å². The van der Waals surface area contributed by atoms with Crippen molar-refractivity contribution in [2.24, 2.45) is 0 Å². The Kier molecular flexibility index (Phi) is 3.90. The van der Waals surface area contributed by atoms with Crippen LogP contribution in [0.25, 0.3) is 0 Å². The van der Waals surface area contributed by atoms with Crippen LogP contribution in [0.15, 0.2) is 0 Å². The monoisotopic (exact) mass is 233 g/mol. The van der Waals surface area contributed by atoms with Crippen molar-refractivity contribution in [1.82, 2.24) is 16.0 Å². The molecule has 6 nitrogen and oxygen atoms in total. The van der Waals surface area contributed by atoms with E-state index in [1.54, 1.807) is 0 Å². The van der Waals surface area contributed by atoms with E-state index in [1.165, 1.54) is 6.92 Å². The summed E-state index contributed by atoms with van der Waals surface area (Å²) in [5.41, 5.74) is 0. The molecule has 1 rings (SSSR count). The van der Waals surface area contributed by atoms with Gasteiger partial charge in [-0.15, -0.1) is 11.6 Å².